The van der Waals surface area contributed by atoms with Crippen molar-refractivity contribution in [1.29, 1.82) is 5.26 Å². The van der Waals surface area contributed by atoms with Gasteiger partial charge in [-0.15, -0.1) is 0 Å². The first-order valence-electron chi connectivity index (χ1n) is 20.0. The van der Waals surface area contributed by atoms with E-state index in [0.717, 1.165) is 51.8 Å². The van der Waals surface area contributed by atoms with Crippen LogP contribution in [-0.2, 0) is 24.6 Å². The molecule has 61 heavy (non-hydrogen) atoms. The van der Waals surface area contributed by atoms with Gasteiger partial charge in [0, 0.05) is 55.3 Å². The molecule has 5 aromatic rings. The summed E-state index contributed by atoms with van der Waals surface area (Å²) in [4.78, 5) is 29.4. The van der Waals surface area contributed by atoms with E-state index in [4.69, 9.17) is 30.9 Å². The lowest BCUT2D eigenvalue weighted by atomic mass is 9.89. The van der Waals surface area contributed by atoms with Crippen molar-refractivity contribution in [1.82, 2.24) is 20.9 Å². The number of hydrogen-bond acceptors (Lipinski definition) is 11. The molecule has 1 saturated carbocycles. The Morgan fingerprint density at radius 1 is 0.869 bits per heavy atom. The van der Waals surface area contributed by atoms with Crippen LogP contribution in [0.4, 0.5) is 0 Å². The van der Waals surface area contributed by atoms with Crippen molar-refractivity contribution in [3.8, 4) is 45.6 Å². The lowest BCUT2D eigenvalue weighted by Crippen LogP contribution is -2.52. The Labute approximate surface area is 360 Å². The summed E-state index contributed by atoms with van der Waals surface area (Å²) in [5, 5.41) is 47.3. The molecule has 0 spiro atoms. The average molecular weight is 848 g/mol. The number of halogens is 1. The van der Waals surface area contributed by atoms with E-state index in [-0.39, 0.29) is 43.3 Å². The summed E-state index contributed by atoms with van der Waals surface area (Å²) in [5.41, 5.74) is 7.25. The predicted molar refractivity (Wildman–Crippen MR) is 232 cm³/mol. The Kier molecular flexibility index (Phi) is 15.0. The summed E-state index contributed by atoms with van der Waals surface area (Å²) >= 11 is 6.78. The van der Waals surface area contributed by atoms with E-state index in [0.29, 0.717) is 59.2 Å². The number of hydrogen-bond donors (Lipinski definition) is 6. The van der Waals surface area contributed by atoms with Crippen LogP contribution in [0.1, 0.15) is 63.5 Å². The van der Waals surface area contributed by atoms with Crippen LogP contribution in [-0.4, -0.2) is 76.7 Å². The number of aliphatic carboxylic acids is 1. The summed E-state index contributed by atoms with van der Waals surface area (Å²) in [6.45, 7) is 6.45. The number of pyridine rings is 1. The van der Waals surface area contributed by atoms with Gasteiger partial charge in [0.05, 0.1) is 29.4 Å². The van der Waals surface area contributed by atoms with Gasteiger partial charge in [-0.25, -0.2) is 0 Å². The number of aliphatic hydroxyl groups is 2. The zero-order valence-corrected chi connectivity index (χ0v) is 35.1. The van der Waals surface area contributed by atoms with Crippen LogP contribution in [0, 0.1) is 25.2 Å². The number of nitriles is 1. The molecule has 1 heterocycles. The fourth-order valence-electron chi connectivity index (χ4n) is 6.69. The molecule has 0 bridgehead atoms. The molecule has 14 heteroatoms. The van der Waals surface area contributed by atoms with Gasteiger partial charge >= 0.3 is 5.97 Å². The number of rotatable bonds is 21. The van der Waals surface area contributed by atoms with E-state index in [1.807, 2.05) is 49.4 Å². The predicted octanol–water partition coefficient (Wildman–Crippen LogP) is 6.49. The largest absolute Gasteiger partial charge is 0.491 e. The van der Waals surface area contributed by atoms with Crippen LogP contribution in [0.2, 0.25) is 5.02 Å². The summed E-state index contributed by atoms with van der Waals surface area (Å²) < 4.78 is 18.6. The molecule has 1 amide bonds. The number of carbonyl (C=O) groups excluding carboxylic acids is 1. The van der Waals surface area contributed by atoms with Crippen molar-refractivity contribution >= 4 is 23.5 Å². The Balaban J connectivity index is 1.25. The normalized spacial score (nSPS) is 13.2. The molecule has 4 aromatic carbocycles. The van der Waals surface area contributed by atoms with Gasteiger partial charge < -0.3 is 40.2 Å². The fourth-order valence-corrected chi connectivity index (χ4v) is 6.93. The molecule has 1 aliphatic rings. The van der Waals surface area contributed by atoms with Gasteiger partial charge in [-0.2, -0.15) is 5.26 Å². The van der Waals surface area contributed by atoms with Crippen LogP contribution < -0.4 is 30.2 Å². The number of benzene rings is 4. The molecule has 13 nitrogen and oxygen atoms in total. The molecule has 1 atom stereocenters. The summed E-state index contributed by atoms with van der Waals surface area (Å²) in [6, 6.07) is 25.0. The molecule has 6 N–H and O–H groups in total. The third kappa shape index (κ3) is 11.2. The van der Waals surface area contributed by atoms with E-state index >= 15 is 0 Å². The number of aliphatic hydroxyl groups excluding tert-OH is 2. The SMILES string of the molecule is Cc1c(COc2cc(OCc3cncc(C#N)c3)c(CNC(C)(CO)C(=O)O)cc2Cl)cccc1-c1cccc(-c2ccc(OCCNCCO)c(C(=O)NC3CC3)c2)c1C. The molecule has 1 fully saturated rings. The second-order valence-corrected chi connectivity index (χ2v) is 15.6. The number of nitrogens with one attached hydrogen (secondary N) is 3. The van der Waals surface area contributed by atoms with E-state index in [2.05, 4.69) is 46.1 Å². The van der Waals surface area contributed by atoms with Crippen molar-refractivity contribution in [2.45, 2.75) is 65.0 Å². The molecule has 1 unspecified atom stereocenters. The minimum atomic E-state index is -1.61. The van der Waals surface area contributed by atoms with E-state index in [1.165, 1.54) is 13.1 Å². The number of amides is 1. The van der Waals surface area contributed by atoms with Gasteiger partial charge in [-0.05, 0) is 96.8 Å². The van der Waals surface area contributed by atoms with Crippen molar-refractivity contribution in [2.24, 2.45) is 0 Å². The third-order valence-electron chi connectivity index (χ3n) is 10.6. The zero-order chi connectivity index (χ0) is 43.5. The lowest BCUT2D eigenvalue weighted by Gasteiger charge is -2.25. The van der Waals surface area contributed by atoms with Crippen molar-refractivity contribution in [3.63, 3.8) is 0 Å². The number of ether oxygens (including phenoxy) is 3. The molecule has 318 valence electrons. The highest BCUT2D eigenvalue weighted by atomic mass is 35.5. The summed E-state index contributed by atoms with van der Waals surface area (Å²) in [5.74, 6) is -0.188. The quantitative estimate of drug-likeness (QED) is 0.0440. The smallest absolute Gasteiger partial charge is 0.326 e. The maximum Gasteiger partial charge on any atom is 0.326 e. The van der Waals surface area contributed by atoms with Crippen molar-refractivity contribution < 1.29 is 39.1 Å². The number of carboxylic acid groups (broad SMARTS) is 1. The fraction of sp³-hybridized carbons (Fsp3) is 0.319. The number of nitrogens with zero attached hydrogens (tertiary/aromatic N) is 2. The minimum absolute atomic E-state index is 0.00544. The second-order valence-electron chi connectivity index (χ2n) is 15.2. The Bertz CT molecular complexity index is 2420. The molecule has 1 aromatic heterocycles. The highest BCUT2D eigenvalue weighted by Gasteiger charge is 2.32. The molecule has 6 rings (SSSR count). The lowest BCUT2D eigenvalue weighted by molar-refractivity contribution is -0.145. The number of carboxylic acids is 1. The minimum Gasteiger partial charge on any atom is -0.491 e. The third-order valence-corrected chi connectivity index (χ3v) is 10.9. The Morgan fingerprint density at radius 3 is 2.33 bits per heavy atom. The van der Waals surface area contributed by atoms with Gasteiger partial charge in [-0.3, -0.25) is 19.9 Å². The van der Waals surface area contributed by atoms with Crippen LogP contribution in [0.25, 0.3) is 22.3 Å². The molecule has 0 saturated heterocycles. The average Bonchev–Trinajstić information content (AvgIpc) is 4.09. The molecular formula is C47H50ClN5O8. The van der Waals surface area contributed by atoms with E-state index in [9.17, 15) is 25.1 Å². The summed E-state index contributed by atoms with van der Waals surface area (Å²) in [6.07, 6.45) is 4.97. The van der Waals surface area contributed by atoms with Gasteiger partial charge in [-0.1, -0.05) is 54.1 Å². The first-order chi connectivity index (χ1) is 29.4. The molecule has 0 radical (unpaired) electrons. The topological polar surface area (TPSA) is 195 Å². The van der Waals surface area contributed by atoms with Crippen LogP contribution in [0.5, 0.6) is 17.2 Å². The maximum absolute atomic E-state index is 13.4. The maximum atomic E-state index is 13.4. The highest BCUT2D eigenvalue weighted by Crippen LogP contribution is 2.38. The first-order valence-corrected chi connectivity index (χ1v) is 20.4. The van der Waals surface area contributed by atoms with Gasteiger partial charge in [0.25, 0.3) is 5.91 Å². The van der Waals surface area contributed by atoms with Crippen LogP contribution >= 0.6 is 11.6 Å². The van der Waals surface area contributed by atoms with Gasteiger partial charge in [0.15, 0.2) is 0 Å². The van der Waals surface area contributed by atoms with Gasteiger partial charge in [0.2, 0.25) is 0 Å². The number of carbonyl (C=O) groups is 2. The monoisotopic (exact) mass is 847 g/mol. The zero-order valence-electron chi connectivity index (χ0n) is 34.4. The Morgan fingerprint density at radius 2 is 1.61 bits per heavy atom. The van der Waals surface area contributed by atoms with Crippen LogP contribution in [0.3, 0.4) is 0 Å². The van der Waals surface area contributed by atoms with Crippen molar-refractivity contribution in [2.75, 3.05) is 32.9 Å². The molecule has 1 aliphatic carbocycles. The first kappa shape index (κ1) is 44.5. The second kappa shape index (κ2) is 20.5. The highest BCUT2D eigenvalue weighted by molar-refractivity contribution is 6.32. The summed E-state index contributed by atoms with van der Waals surface area (Å²) in [7, 11) is 0. The molecule has 0 aliphatic heterocycles. The molecular weight excluding hydrogens is 798 g/mol. The van der Waals surface area contributed by atoms with Crippen molar-refractivity contribution in [3.05, 3.63) is 129 Å². The van der Waals surface area contributed by atoms with E-state index in [1.54, 1.807) is 24.4 Å². The van der Waals surface area contributed by atoms with Crippen LogP contribution in [0.15, 0.2) is 85.2 Å². The Hall–Kier alpha value is -6.01. The number of aromatic nitrogens is 1. The van der Waals surface area contributed by atoms with Gasteiger partial charge in [0.1, 0.15) is 48.7 Å². The standard InChI is InChI=1S/C47H50ClN5O8/c1-29-34(27-61-44-21-43(60-26-32-18-31(22-49)23-51-24-32)35(20-41(44)48)25-52-47(3,28-55)46(57)58)6-4-8-38(29)39-9-5-7-37(30(39)2)33-10-13-42(59-17-15-50-14-16-54)40(19-33)45(56)53-36-11-12-36/h4-10,13,18-21,23-24,36,50,52,54-55H,11-12,14-17,25-28H2,1-3H3,(H,53,56)(H,57,58). The van der Waals surface area contributed by atoms with E-state index < -0.39 is 18.1 Å².